The van der Waals surface area contributed by atoms with E-state index in [0.717, 1.165) is 9.21 Å². The van der Waals surface area contributed by atoms with Crippen molar-refractivity contribution >= 4 is 34.5 Å². The SMILES string of the molecule is NNC(Cc1ccc(Cl)s1)Cc1cccc(Cl)c1F. The van der Waals surface area contributed by atoms with E-state index < -0.39 is 0 Å². The zero-order chi connectivity index (χ0) is 13.8. The van der Waals surface area contributed by atoms with Gasteiger partial charge in [-0.2, -0.15) is 0 Å². The molecule has 1 atom stereocenters. The standard InChI is InChI=1S/C13H13Cl2FN2S/c14-11-3-1-2-8(13(11)16)6-9(18-17)7-10-4-5-12(15)19-10/h1-5,9,18H,6-7,17H2. The monoisotopic (exact) mass is 318 g/mol. The summed E-state index contributed by atoms with van der Waals surface area (Å²) in [6.45, 7) is 0. The molecule has 3 N–H and O–H groups in total. The molecule has 0 spiro atoms. The van der Waals surface area contributed by atoms with E-state index >= 15 is 0 Å². The predicted octanol–water partition coefficient (Wildman–Crippen LogP) is 3.81. The summed E-state index contributed by atoms with van der Waals surface area (Å²) in [5.41, 5.74) is 3.26. The number of benzene rings is 1. The van der Waals surface area contributed by atoms with Crippen molar-refractivity contribution in [3.05, 3.63) is 55.9 Å². The highest BCUT2D eigenvalue weighted by atomic mass is 35.5. The second kappa shape index (κ2) is 6.68. The topological polar surface area (TPSA) is 38.0 Å². The highest BCUT2D eigenvalue weighted by Crippen LogP contribution is 2.24. The molecule has 102 valence electrons. The Labute approximate surface area is 125 Å². The van der Waals surface area contributed by atoms with Gasteiger partial charge < -0.3 is 0 Å². The van der Waals surface area contributed by atoms with Crippen LogP contribution >= 0.6 is 34.5 Å². The Morgan fingerprint density at radius 1 is 1.21 bits per heavy atom. The Bertz CT molecular complexity index is 559. The van der Waals surface area contributed by atoms with Crippen molar-refractivity contribution < 1.29 is 4.39 Å². The fourth-order valence-corrected chi connectivity index (χ4v) is 3.23. The first-order chi connectivity index (χ1) is 9.10. The van der Waals surface area contributed by atoms with Crippen LogP contribution in [0.25, 0.3) is 0 Å². The van der Waals surface area contributed by atoms with Crippen LogP contribution in [0.15, 0.2) is 30.3 Å². The van der Waals surface area contributed by atoms with Crippen LogP contribution in [-0.2, 0) is 12.8 Å². The molecule has 2 nitrogen and oxygen atoms in total. The zero-order valence-electron chi connectivity index (χ0n) is 10.00. The number of hydrogen-bond donors (Lipinski definition) is 2. The summed E-state index contributed by atoms with van der Waals surface area (Å²) >= 11 is 13.1. The van der Waals surface area contributed by atoms with Crippen LogP contribution in [0.4, 0.5) is 4.39 Å². The van der Waals surface area contributed by atoms with E-state index in [0.29, 0.717) is 18.4 Å². The lowest BCUT2D eigenvalue weighted by Gasteiger charge is -2.15. The summed E-state index contributed by atoms with van der Waals surface area (Å²) in [5.74, 6) is 5.15. The first kappa shape index (κ1) is 14.8. The molecule has 2 rings (SSSR count). The molecule has 19 heavy (non-hydrogen) atoms. The molecule has 1 aromatic carbocycles. The van der Waals surface area contributed by atoms with Crippen molar-refractivity contribution in [1.29, 1.82) is 0 Å². The highest BCUT2D eigenvalue weighted by molar-refractivity contribution is 7.16. The number of nitrogens with two attached hydrogens (primary N) is 1. The number of hydrogen-bond acceptors (Lipinski definition) is 3. The van der Waals surface area contributed by atoms with Gasteiger partial charge in [0.15, 0.2) is 0 Å². The molecule has 6 heteroatoms. The van der Waals surface area contributed by atoms with Gasteiger partial charge in [-0.15, -0.1) is 11.3 Å². The number of rotatable bonds is 5. The Morgan fingerprint density at radius 2 is 2.00 bits per heavy atom. The molecule has 0 saturated carbocycles. The van der Waals surface area contributed by atoms with Crippen LogP contribution in [-0.4, -0.2) is 6.04 Å². The molecule has 0 aliphatic heterocycles. The summed E-state index contributed by atoms with van der Waals surface area (Å²) in [6, 6.07) is 8.71. The van der Waals surface area contributed by atoms with E-state index in [1.165, 1.54) is 17.4 Å². The molecular weight excluding hydrogens is 306 g/mol. The van der Waals surface area contributed by atoms with E-state index in [4.69, 9.17) is 29.0 Å². The van der Waals surface area contributed by atoms with Crippen molar-refractivity contribution in [1.82, 2.24) is 5.43 Å². The smallest absolute Gasteiger partial charge is 0.145 e. The molecule has 2 aromatic rings. The molecule has 0 fully saturated rings. The van der Waals surface area contributed by atoms with Gasteiger partial charge in [0.1, 0.15) is 5.82 Å². The molecule has 0 aliphatic rings. The van der Waals surface area contributed by atoms with Crippen LogP contribution in [0.1, 0.15) is 10.4 Å². The van der Waals surface area contributed by atoms with Gasteiger partial charge >= 0.3 is 0 Å². The van der Waals surface area contributed by atoms with Crippen LogP contribution in [0.3, 0.4) is 0 Å². The van der Waals surface area contributed by atoms with E-state index in [1.54, 1.807) is 12.1 Å². The van der Waals surface area contributed by atoms with Gasteiger partial charge in [-0.25, -0.2) is 4.39 Å². The third-order valence-electron chi connectivity index (χ3n) is 2.81. The molecule has 0 amide bonds. The molecule has 1 unspecified atom stereocenters. The lowest BCUT2D eigenvalue weighted by atomic mass is 10.0. The van der Waals surface area contributed by atoms with Crippen LogP contribution in [0.5, 0.6) is 0 Å². The van der Waals surface area contributed by atoms with Gasteiger partial charge in [0, 0.05) is 10.9 Å². The van der Waals surface area contributed by atoms with Crippen molar-refractivity contribution in [3.63, 3.8) is 0 Å². The lowest BCUT2D eigenvalue weighted by molar-refractivity contribution is 0.509. The maximum absolute atomic E-state index is 13.8. The molecule has 0 saturated heterocycles. The predicted molar refractivity (Wildman–Crippen MR) is 79.3 cm³/mol. The maximum Gasteiger partial charge on any atom is 0.145 e. The fraction of sp³-hybridized carbons (Fsp3) is 0.231. The summed E-state index contributed by atoms with van der Waals surface area (Å²) in [5, 5.41) is 0.132. The third kappa shape index (κ3) is 3.91. The van der Waals surface area contributed by atoms with E-state index in [9.17, 15) is 4.39 Å². The molecular formula is C13H13Cl2FN2S. The zero-order valence-corrected chi connectivity index (χ0v) is 12.3. The minimum absolute atomic E-state index is 0.0670. The number of nitrogens with one attached hydrogen (secondary N) is 1. The summed E-state index contributed by atoms with van der Waals surface area (Å²) in [6.07, 6.45) is 1.16. The summed E-state index contributed by atoms with van der Waals surface area (Å²) in [7, 11) is 0. The van der Waals surface area contributed by atoms with Gasteiger partial charge in [0.2, 0.25) is 0 Å². The third-order valence-corrected chi connectivity index (χ3v) is 4.36. The van der Waals surface area contributed by atoms with Crippen LogP contribution < -0.4 is 11.3 Å². The first-order valence-corrected chi connectivity index (χ1v) is 7.30. The maximum atomic E-state index is 13.8. The van der Waals surface area contributed by atoms with Gasteiger partial charge in [-0.05, 0) is 36.6 Å². The van der Waals surface area contributed by atoms with Crippen LogP contribution in [0, 0.1) is 5.82 Å². The van der Waals surface area contributed by atoms with Crippen molar-refractivity contribution in [2.75, 3.05) is 0 Å². The van der Waals surface area contributed by atoms with Gasteiger partial charge in [0.05, 0.1) is 9.36 Å². The Morgan fingerprint density at radius 3 is 2.63 bits per heavy atom. The minimum atomic E-state index is -0.381. The fourth-order valence-electron chi connectivity index (χ4n) is 1.87. The number of hydrazine groups is 1. The quantitative estimate of drug-likeness (QED) is 0.650. The number of halogens is 3. The van der Waals surface area contributed by atoms with Crippen molar-refractivity contribution in [3.8, 4) is 0 Å². The molecule has 1 heterocycles. The highest BCUT2D eigenvalue weighted by Gasteiger charge is 2.14. The van der Waals surface area contributed by atoms with E-state index in [2.05, 4.69) is 5.43 Å². The van der Waals surface area contributed by atoms with E-state index in [-0.39, 0.29) is 16.9 Å². The minimum Gasteiger partial charge on any atom is -0.271 e. The second-order valence-corrected chi connectivity index (χ2v) is 6.40. The van der Waals surface area contributed by atoms with Crippen molar-refractivity contribution in [2.45, 2.75) is 18.9 Å². The van der Waals surface area contributed by atoms with Crippen molar-refractivity contribution in [2.24, 2.45) is 5.84 Å². The molecule has 0 aliphatic carbocycles. The largest absolute Gasteiger partial charge is 0.271 e. The van der Waals surface area contributed by atoms with E-state index in [1.807, 2.05) is 12.1 Å². The average molecular weight is 319 g/mol. The molecule has 0 radical (unpaired) electrons. The average Bonchev–Trinajstić information content (AvgIpc) is 2.79. The molecule has 0 bridgehead atoms. The van der Waals surface area contributed by atoms with Crippen LogP contribution in [0.2, 0.25) is 9.36 Å². The van der Waals surface area contributed by atoms with Gasteiger partial charge in [-0.3, -0.25) is 11.3 Å². The first-order valence-electron chi connectivity index (χ1n) is 5.73. The van der Waals surface area contributed by atoms with Gasteiger partial charge in [0.25, 0.3) is 0 Å². The molecule has 1 aromatic heterocycles. The summed E-state index contributed by atoms with van der Waals surface area (Å²) in [4.78, 5) is 1.11. The second-order valence-electron chi connectivity index (χ2n) is 4.19. The Kier molecular flexibility index (Phi) is 5.19. The number of thiophene rings is 1. The Hall–Kier alpha value is -0.650. The lowest BCUT2D eigenvalue weighted by Crippen LogP contribution is -2.38. The Balaban J connectivity index is 2.08. The summed E-state index contributed by atoms with van der Waals surface area (Å²) < 4.78 is 14.6. The normalized spacial score (nSPS) is 12.6. The van der Waals surface area contributed by atoms with Gasteiger partial charge in [-0.1, -0.05) is 35.3 Å².